The molecule has 0 aliphatic rings. The Hall–Kier alpha value is -1.43. The van der Waals surface area contributed by atoms with Gasteiger partial charge in [-0.1, -0.05) is 0 Å². The molecule has 2 aromatic rings. The van der Waals surface area contributed by atoms with Gasteiger partial charge >= 0.3 is 11.4 Å². The zero-order valence-electron chi connectivity index (χ0n) is 6.22. The molecule has 0 radical (unpaired) electrons. The predicted molar refractivity (Wildman–Crippen MR) is 44.6 cm³/mol. The Kier molecular flexibility index (Phi) is 1.37. The number of hydrogen-bond acceptors (Lipinski definition) is 4. The molecule has 0 N–H and O–H groups in total. The van der Waals surface area contributed by atoms with E-state index in [1.54, 1.807) is 11.6 Å². The molecule has 6 heteroatoms. The number of thiazole rings is 1. The van der Waals surface area contributed by atoms with Gasteiger partial charge in [-0.3, -0.25) is 0 Å². The molecule has 0 spiro atoms. The number of hydrogen-bond donors (Lipinski definition) is 0. The van der Waals surface area contributed by atoms with Crippen LogP contribution in [-0.2, 0) is 7.05 Å². The lowest BCUT2D eigenvalue weighted by Gasteiger charge is -1.94. The van der Waals surface area contributed by atoms with Gasteiger partial charge in [-0.15, -0.1) is 11.3 Å². The zero-order chi connectivity index (χ0) is 8.72. The van der Waals surface area contributed by atoms with Crippen LogP contribution >= 0.6 is 11.3 Å². The molecule has 2 aromatic heterocycles. The minimum absolute atomic E-state index is 0.355. The van der Waals surface area contributed by atoms with Gasteiger partial charge in [0, 0.05) is 18.6 Å². The highest BCUT2D eigenvalue weighted by atomic mass is 32.1. The van der Waals surface area contributed by atoms with Crippen LogP contribution in [0.25, 0.3) is 4.96 Å². The molecule has 0 fully saturated rings. The molecule has 0 bridgehead atoms. The second-order valence-corrected chi connectivity index (χ2v) is 3.16. The number of nitrogens with zero attached hydrogens (tertiary/aromatic N) is 3. The van der Waals surface area contributed by atoms with E-state index in [1.807, 2.05) is 0 Å². The highest BCUT2D eigenvalue weighted by Gasteiger charge is 2.02. The quantitative estimate of drug-likeness (QED) is 0.551. The van der Waals surface area contributed by atoms with Crippen molar-refractivity contribution in [2.75, 3.05) is 0 Å². The summed E-state index contributed by atoms with van der Waals surface area (Å²) in [6, 6.07) is 0. The zero-order valence-corrected chi connectivity index (χ0v) is 7.04. The molecule has 62 valence electrons. The summed E-state index contributed by atoms with van der Waals surface area (Å²) in [5.74, 6) is 0. The first-order valence-electron chi connectivity index (χ1n) is 3.23. The minimum atomic E-state index is -0.512. The van der Waals surface area contributed by atoms with Gasteiger partial charge in [0.25, 0.3) is 0 Å². The van der Waals surface area contributed by atoms with Crippen LogP contribution in [0.5, 0.6) is 0 Å². The molecule has 0 saturated carbocycles. The van der Waals surface area contributed by atoms with E-state index in [2.05, 4.69) is 4.98 Å². The molecule has 12 heavy (non-hydrogen) atoms. The first-order valence-corrected chi connectivity index (χ1v) is 4.11. The van der Waals surface area contributed by atoms with Gasteiger partial charge in [0.15, 0.2) is 0 Å². The van der Waals surface area contributed by atoms with Gasteiger partial charge in [-0.25, -0.2) is 18.6 Å². The van der Waals surface area contributed by atoms with Crippen molar-refractivity contribution in [3.8, 4) is 0 Å². The molecule has 2 rings (SSSR count). The van der Waals surface area contributed by atoms with Gasteiger partial charge in [-0.2, -0.15) is 4.98 Å². The predicted octanol–water partition coefficient (Wildman–Crippen LogP) is -0.545. The average molecular weight is 183 g/mol. The molecule has 5 nitrogen and oxygen atoms in total. The fraction of sp³-hybridized carbons (Fsp3) is 0.167. The number of aromatic nitrogens is 3. The van der Waals surface area contributed by atoms with E-state index in [1.165, 1.54) is 22.8 Å². The van der Waals surface area contributed by atoms with Crippen LogP contribution in [0.3, 0.4) is 0 Å². The summed E-state index contributed by atoms with van der Waals surface area (Å²) in [5.41, 5.74) is -0.867. The second kappa shape index (κ2) is 2.28. The van der Waals surface area contributed by atoms with Crippen LogP contribution in [0, 0.1) is 0 Å². The third-order valence-corrected chi connectivity index (χ3v) is 2.32. The maximum absolute atomic E-state index is 11.3. The van der Waals surface area contributed by atoms with Crippen molar-refractivity contribution in [3.05, 3.63) is 32.5 Å². The third kappa shape index (κ3) is 0.814. The maximum atomic E-state index is 11.3. The van der Waals surface area contributed by atoms with Crippen molar-refractivity contribution in [2.24, 2.45) is 7.05 Å². The normalized spacial score (nSPS) is 10.8. The van der Waals surface area contributed by atoms with Crippen LogP contribution < -0.4 is 11.4 Å². The van der Waals surface area contributed by atoms with E-state index < -0.39 is 5.69 Å². The molecule has 0 amide bonds. The summed E-state index contributed by atoms with van der Waals surface area (Å²) < 4.78 is 2.31. The van der Waals surface area contributed by atoms with E-state index in [4.69, 9.17) is 0 Å². The van der Waals surface area contributed by atoms with Crippen LogP contribution in [0.15, 0.2) is 21.2 Å². The first kappa shape index (κ1) is 7.23. The summed E-state index contributed by atoms with van der Waals surface area (Å²) in [6.07, 6.45) is 1.59. The summed E-state index contributed by atoms with van der Waals surface area (Å²) in [6.45, 7) is 0. The van der Waals surface area contributed by atoms with E-state index in [9.17, 15) is 9.59 Å². The van der Waals surface area contributed by atoms with Gasteiger partial charge in [0.1, 0.15) is 0 Å². The molecule has 0 atom stereocenters. The SMILES string of the molecule is Cn1c(=O)nc2sccn2c1=O. The lowest BCUT2D eigenvalue weighted by atomic mass is 10.8. The van der Waals surface area contributed by atoms with Crippen molar-refractivity contribution in [3.63, 3.8) is 0 Å². The van der Waals surface area contributed by atoms with Gasteiger partial charge < -0.3 is 0 Å². The maximum Gasteiger partial charge on any atom is 0.354 e. The highest BCUT2D eigenvalue weighted by Crippen LogP contribution is 2.01. The Bertz CT molecular complexity index is 535. The average Bonchev–Trinajstić information content (AvgIpc) is 2.48. The lowest BCUT2D eigenvalue weighted by Crippen LogP contribution is -2.36. The Labute approximate surface area is 70.5 Å². The molecular formula is C6H5N3O2S. The van der Waals surface area contributed by atoms with E-state index in [-0.39, 0.29) is 5.69 Å². The van der Waals surface area contributed by atoms with Crippen molar-refractivity contribution in [2.45, 2.75) is 0 Å². The second-order valence-electron chi connectivity index (χ2n) is 2.29. The molecule has 0 aromatic carbocycles. The summed E-state index contributed by atoms with van der Waals surface area (Å²) in [7, 11) is 1.40. The van der Waals surface area contributed by atoms with E-state index in [0.717, 1.165) is 4.57 Å². The van der Waals surface area contributed by atoms with Crippen LogP contribution in [0.1, 0.15) is 0 Å². The molecule has 2 heterocycles. The first-order chi connectivity index (χ1) is 5.70. The number of rotatable bonds is 0. The summed E-state index contributed by atoms with van der Waals surface area (Å²) in [5, 5.41) is 1.71. The van der Waals surface area contributed by atoms with Crippen LogP contribution in [0.2, 0.25) is 0 Å². The fourth-order valence-corrected chi connectivity index (χ4v) is 1.59. The lowest BCUT2D eigenvalue weighted by molar-refractivity contribution is 0.723. The molecular weight excluding hydrogens is 178 g/mol. The van der Waals surface area contributed by atoms with E-state index in [0.29, 0.717) is 4.96 Å². The Morgan fingerprint density at radius 1 is 1.50 bits per heavy atom. The molecule has 0 aliphatic carbocycles. The fourth-order valence-electron chi connectivity index (χ4n) is 0.899. The minimum Gasteiger partial charge on any atom is -0.247 e. The monoisotopic (exact) mass is 183 g/mol. The standard InChI is InChI=1S/C6H5N3O2S/c1-8-4(10)7-5-9(6(8)11)2-3-12-5/h2-3H,1H3. The molecule has 0 aliphatic heterocycles. The van der Waals surface area contributed by atoms with Crippen LogP contribution in [-0.4, -0.2) is 14.0 Å². The van der Waals surface area contributed by atoms with Gasteiger partial charge in [0.2, 0.25) is 4.96 Å². The largest absolute Gasteiger partial charge is 0.354 e. The Morgan fingerprint density at radius 2 is 2.25 bits per heavy atom. The topological polar surface area (TPSA) is 56.4 Å². The van der Waals surface area contributed by atoms with Gasteiger partial charge in [-0.05, 0) is 0 Å². The highest BCUT2D eigenvalue weighted by molar-refractivity contribution is 7.15. The van der Waals surface area contributed by atoms with Crippen molar-refractivity contribution in [1.82, 2.24) is 14.0 Å². The smallest absolute Gasteiger partial charge is 0.247 e. The Morgan fingerprint density at radius 3 is 3.00 bits per heavy atom. The summed E-state index contributed by atoms with van der Waals surface area (Å²) >= 11 is 1.26. The number of fused-ring (bicyclic) bond motifs is 1. The van der Waals surface area contributed by atoms with E-state index >= 15 is 0 Å². The summed E-state index contributed by atoms with van der Waals surface area (Å²) in [4.78, 5) is 26.4. The van der Waals surface area contributed by atoms with Crippen molar-refractivity contribution < 1.29 is 0 Å². The van der Waals surface area contributed by atoms with Crippen molar-refractivity contribution >= 4 is 16.3 Å². The van der Waals surface area contributed by atoms with Crippen LogP contribution in [0.4, 0.5) is 0 Å². The third-order valence-electron chi connectivity index (χ3n) is 1.56. The van der Waals surface area contributed by atoms with Crippen molar-refractivity contribution in [1.29, 1.82) is 0 Å². The molecule has 0 saturated heterocycles. The van der Waals surface area contributed by atoms with Gasteiger partial charge in [0.05, 0.1) is 0 Å². The molecule has 0 unspecified atom stereocenters. The Balaban J connectivity index is 3.16.